The second-order valence-electron chi connectivity index (χ2n) is 5.69. The van der Waals surface area contributed by atoms with E-state index in [4.69, 9.17) is 0 Å². The van der Waals surface area contributed by atoms with E-state index in [0.29, 0.717) is 6.54 Å². The third-order valence-electron chi connectivity index (χ3n) is 4.33. The molecular weight excluding hydrogens is 240 g/mol. The average Bonchev–Trinajstić information content (AvgIpc) is 3.02. The molecule has 1 aliphatic carbocycles. The lowest BCUT2D eigenvalue weighted by molar-refractivity contribution is -0.125. The first-order valence-corrected chi connectivity index (χ1v) is 7.53. The van der Waals surface area contributed by atoms with E-state index >= 15 is 0 Å². The molecule has 104 valence electrons. The number of amides is 1. The zero-order valence-electron chi connectivity index (χ0n) is 11.4. The van der Waals surface area contributed by atoms with Crippen LogP contribution in [0.25, 0.3) is 0 Å². The monoisotopic (exact) mass is 262 g/mol. The number of hydrogen-bond acceptors (Lipinski definition) is 3. The molecule has 2 aliphatic rings. The van der Waals surface area contributed by atoms with Crippen molar-refractivity contribution in [3.05, 3.63) is 11.6 Å². The Morgan fingerprint density at radius 2 is 2.00 bits per heavy atom. The van der Waals surface area contributed by atoms with E-state index in [0.717, 1.165) is 37.5 Å². The largest absolute Gasteiger partial charge is 0.349 e. The van der Waals surface area contributed by atoms with E-state index in [1.807, 2.05) is 0 Å². The summed E-state index contributed by atoms with van der Waals surface area (Å²) >= 11 is 0. The standard InChI is InChI=1S/C14H22N4O/c19-14(11-6-3-4-7-11)15-10-13-17-16-12-8-2-1-5-9-18(12)13/h11H,1-10H2,(H,15,19). The first-order valence-electron chi connectivity index (χ1n) is 7.53. The number of carbonyl (C=O) groups is 1. The molecule has 5 nitrogen and oxygen atoms in total. The molecule has 1 aromatic heterocycles. The topological polar surface area (TPSA) is 59.8 Å². The van der Waals surface area contributed by atoms with Crippen molar-refractivity contribution in [1.29, 1.82) is 0 Å². The lowest BCUT2D eigenvalue weighted by Gasteiger charge is -2.11. The van der Waals surface area contributed by atoms with Crippen molar-refractivity contribution >= 4 is 5.91 Å². The maximum absolute atomic E-state index is 12.0. The highest BCUT2D eigenvalue weighted by atomic mass is 16.1. The first-order chi connectivity index (χ1) is 9.34. The Morgan fingerprint density at radius 3 is 2.84 bits per heavy atom. The summed E-state index contributed by atoms with van der Waals surface area (Å²) in [6.07, 6.45) is 9.15. The quantitative estimate of drug-likeness (QED) is 0.903. The molecule has 0 spiro atoms. The minimum atomic E-state index is 0.198. The number of hydrogen-bond donors (Lipinski definition) is 1. The van der Waals surface area contributed by atoms with Crippen molar-refractivity contribution in [2.24, 2.45) is 5.92 Å². The highest BCUT2D eigenvalue weighted by molar-refractivity contribution is 5.78. The van der Waals surface area contributed by atoms with Crippen molar-refractivity contribution in [2.75, 3.05) is 0 Å². The van der Waals surface area contributed by atoms with Gasteiger partial charge in [0.25, 0.3) is 0 Å². The number of rotatable bonds is 3. The summed E-state index contributed by atoms with van der Waals surface area (Å²) in [6.45, 7) is 1.53. The number of nitrogens with zero attached hydrogens (tertiary/aromatic N) is 3. The minimum absolute atomic E-state index is 0.198. The lowest BCUT2D eigenvalue weighted by Crippen LogP contribution is -2.30. The Kier molecular flexibility index (Phi) is 3.80. The molecule has 5 heteroatoms. The van der Waals surface area contributed by atoms with Crippen LogP contribution in [0.5, 0.6) is 0 Å². The molecule has 1 aliphatic heterocycles. The van der Waals surface area contributed by atoms with E-state index in [2.05, 4.69) is 20.1 Å². The van der Waals surface area contributed by atoms with E-state index in [1.54, 1.807) is 0 Å². The molecule has 2 heterocycles. The molecule has 1 saturated carbocycles. The van der Waals surface area contributed by atoms with E-state index < -0.39 is 0 Å². The Morgan fingerprint density at radius 1 is 1.16 bits per heavy atom. The fourth-order valence-corrected chi connectivity index (χ4v) is 3.17. The van der Waals surface area contributed by atoms with Crippen LogP contribution >= 0.6 is 0 Å². The molecule has 3 rings (SSSR count). The second-order valence-corrected chi connectivity index (χ2v) is 5.69. The molecule has 19 heavy (non-hydrogen) atoms. The summed E-state index contributed by atoms with van der Waals surface area (Å²) in [5.74, 6) is 2.43. The van der Waals surface area contributed by atoms with Gasteiger partial charge in [0, 0.05) is 18.9 Å². The number of aryl methyl sites for hydroxylation is 1. The van der Waals surface area contributed by atoms with Gasteiger partial charge in [-0.2, -0.15) is 0 Å². The van der Waals surface area contributed by atoms with Crippen molar-refractivity contribution < 1.29 is 4.79 Å². The van der Waals surface area contributed by atoms with Gasteiger partial charge in [0.05, 0.1) is 6.54 Å². The molecule has 1 amide bonds. The van der Waals surface area contributed by atoms with Crippen LogP contribution in [0, 0.1) is 5.92 Å². The van der Waals surface area contributed by atoms with Crippen LogP contribution in [0.4, 0.5) is 0 Å². The predicted octanol–water partition coefficient (Wildman–Crippen LogP) is 1.81. The average molecular weight is 262 g/mol. The van der Waals surface area contributed by atoms with Crippen LogP contribution in [0.3, 0.4) is 0 Å². The number of carbonyl (C=O) groups excluding carboxylic acids is 1. The van der Waals surface area contributed by atoms with Gasteiger partial charge in [-0.15, -0.1) is 10.2 Å². The molecule has 0 saturated heterocycles. The van der Waals surface area contributed by atoms with Crippen molar-refractivity contribution in [3.63, 3.8) is 0 Å². The SMILES string of the molecule is O=C(NCc1nnc2n1CCCCC2)C1CCCC1. The molecule has 0 atom stereocenters. The Bertz CT molecular complexity index is 448. The molecule has 0 aromatic carbocycles. The van der Waals surface area contributed by atoms with Crippen molar-refractivity contribution in [1.82, 2.24) is 20.1 Å². The summed E-state index contributed by atoms with van der Waals surface area (Å²) in [7, 11) is 0. The second kappa shape index (κ2) is 5.72. The van der Waals surface area contributed by atoms with Crippen LogP contribution in [0.2, 0.25) is 0 Å². The van der Waals surface area contributed by atoms with E-state index in [-0.39, 0.29) is 11.8 Å². The Hall–Kier alpha value is -1.39. The summed E-state index contributed by atoms with van der Waals surface area (Å²) in [6, 6.07) is 0. The van der Waals surface area contributed by atoms with Gasteiger partial charge < -0.3 is 9.88 Å². The maximum atomic E-state index is 12.0. The fraction of sp³-hybridized carbons (Fsp3) is 0.786. The van der Waals surface area contributed by atoms with E-state index in [9.17, 15) is 4.79 Å². The van der Waals surface area contributed by atoms with Gasteiger partial charge in [-0.05, 0) is 25.7 Å². The third-order valence-corrected chi connectivity index (χ3v) is 4.33. The lowest BCUT2D eigenvalue weighted by atomic mass is 10.1. The van der Waals surface area contributed by atoms with Gasteiger partial charge in [-0.1, -0.05) is 19.3 Å². The van der Waals surface area contributed by atoms with Crippen molar-refractivity contribution in [3.8, 4) is 0 Å². The minimum Gasteiger partial charge on any atom is -0.349 e. The van der Waals surface area contributed by atoms with Crippen LogP contribution < -0.4 is 5.32 Å². The number of fused-ring (bicyclic) bond motifs is 1. The highest BCUT2D eigenvalue weighted by Crippen LogP contribution is 2.24. The number of aromatic nitrogens is 3. The van der Waals surface area contributed by atoms with Crippen LogP contribution in [-0.4, -0.2) is 20.7 Å². The third kappa shape index (κ3) is 2.80. The van der Waals surface area contributed by atoms with Gasteiger partial charge in [-0.25, -0.2) is 0 Å². The normalized spacial score (nSPS) is 20.0. The van der Waals surface area contributed by atoms with Gasteiger partial charge in [-0.3, -0.25) is 4.79 Å². The molecule has 1 N–H and O–H groups in total. The summed E-state index contributed by atoms with van der Waals surface area (Å²) in [5, 5.41) is 11.5. The Balaban J connectivity index is 1.60. The van der Waals surface area contributed by atoms with E-state index in [1.165, 1.54) is 32.1 Å². The summed E-state index contributed by atoms with van der Waals surface area (Å²) < 4.78 is 2.20. The first kappa shape index (κ1) is 12.6. The Labute approximate surface area is 113 Å². The van der Waals surface area contributed by atoms with Crippen molar-refractivity contribution in [2.45, 2.75) is 64.5 Å². The molecule has 1 aromatic rings. The highest BCUT2D eigenvalue weighted by Gasteiger charge is 2.23. The predicted molar refractivity (Wildman–Crippen MR) is 71.4 cm³/mol. The van der Waals surface area contributed by atoms with Gasteiger partial charge in [0.1, 0.15) is 5.82 Å². The summed E-state index contributed by atoms with van der Waals surface area (Å²) in [4.78, 5) is 12.0. The van der Waals surface area contributed by atoms with Crippen LogP contribution in [0.1, 0.15) is 56.6 Å². The van der Waals surface area contributed by atoms with Gasteiger partial charge in [0.15, 0.2) is 5.82 Å². The molecular formula is C14H22N4O. The number of nitrogens with one attached hydrogen (secondary N) is 1. The zero-order chi connectivity index (χ0) is 13.1. The molecule has 0 unspecified atom stereocenters. The van der Waals surface area contributed by atoms with Crippen LogP contribution in [0.15, 0.2) is 0 Å². The molecule has 0 radical (unpaired) electrons. The van der Waals surface area contributed by atoms with Crippen LogP contribution in [-0.2, 0) is 24.3 Å². The molecule has 1 fully saturated rings. The van der Waals surface area contributed by atoms with Gasteiger partial charge >= 0.3 is 0 Å². The smallest absolute Gasteiger partial charge is 0.223 e. The fourth-order valence-electron chi connectivity index (χ4n) is 3.17. The summed E-state index contributed by atoms with van der Waals surface area (Å²) in [5.41, 5.74) is 0. The van der Waals surface area contributed by atoms with Gasteiger partial charge in [0.2, 0.25) is 5.91 Å². The molecule has 0 bridgehead atoms. The zero-order valence-corrected chi connectivity index (χ0v) is 11.4. The maximum Gasteiger partial charge on any atom is 0.223 e.